The van der Waals surface area contributed by atoms with E-state index in [0.717, 1.165) is 38.0 Å². The third kappa shape index (κ3) is 11.3. The third-order valence-corrected chi connectivity index (χ3v) is 5.10. The first-order chi connectivity index (χ1) is 8.83. The van der Waals surface area contributed by atoms with Gasteiger partial charge in [-0.15, -0.1) is 0 Å². The molecule has 0 heterocycles. The number of sulfone groups is 1. The summed E-state index contributed by atoms with van der Waals surface area (Å²) in [7, 11) is -2.83. The van der Waals surface area contributed by atoms with Crippen LogP contribution in [0.25, 0.3) is 0 Å². The van der Waals surface area contributed by atoms with Crippen molar-refractivity contribution in [2.45, 2.75) is 45.1 Å². The maximum Gasteiger partial charge on any atom is 0.148 e. The zero-order valence-electron chi connectivity index (χ0n) is 12.2. The highest BCUT2D eigenvalue weighted by Crippen LogP contribution is 2.15. The van der Waals surface area contributed by atoms with Gasteiger partial charge >= 0.3 is 0 Å². The largest absolute Gasteiger partial charge is 0.300 e. The van der Waals surface area contributed by atoms with Gasteiger partial charge in [-0.1, -0.05) is 6.92 Å². The fourth-order valence-corrected chi connectivity index (χ4v) is 3.87. The molecule has 0 aliphatic heterocycles. The molecule has 0 aliphatic rings. The van der Waals surface area contributed by atoms with Crippen molar-refractivity contribution < 1.29 is 8.42 Å². The highest BCUT2D eigenvalue weighted by atomic mass is 32.2. The van der Waals surface area contributed by atoms with Crippen molar-refractivity contribution in [1.82, 2.24) is 5.32 Å². The van der Waals surface area contributed by atoms with Crippen LogP contribution < -0.4 is 5.32 Å². The number of unbranched alkanes of at least 4 members (excludes halogenated alkanes) is 1. The topological polar surface area (TPSA) is 70.0 Å². The molecule has 0 aromatic rings. The van der Waals surface area contributed by atoms with Crippen molar-refractivity contribution in [3.8, 4) is 6.07 Å². The fraction of sp³-hybridized carbons (Fsp3) is 0.923. The van der Waals surface area contributed by atoms with Crippen LogP contribution in [0.1, 0.15) is 39.5 Å². The van der Waals surface area contributed by atoms with Crippen molar-refractivity contribution >= 4 is 21.6 Å². The Bertz CT molecular complexity index is 377. The number of hydrogen-bond donors (Lipinski definition) is 1. The first-order valence-corrected chi connectivity index (χ1v) is 9.96. The molecule has 0 rings (SSSR count). The van der Waals surface area contributed by atoms with Gasteiger partial charge in [-0.3, -0.25) is 5.32 Å². The molecule has 19 heavy (non-hydrogen) atoms. The highest BCUT2D eigenvalue weighted by Gasteiger charge is 2.21. The Labute approximate surface area is 122 Å². The van der Waals surface area contributed by atoms with Gasteiger partial charge in [0, 0.05) is 12.0 Å². The van der Waals surface area contributed by atoms with E-state index in [-0.39, 0.29) is 5.75 Å². The highest BCUT2D eigenvalue weighted by molar-refractivity contribution is 8.00. The van der Waals surface area contributed by atoms with Gasteiger partial charge in [0.1, 0.15) is 15.4 Å². The van der Waals surface area contributed by atoms with Crippen molar-refractivity contribution in [3.63, 3.8) is 0 Å². The van der Waals surface area contributed by atoms with Crippen molar-refractivity contribution in [3.05, 3.63) is 0 Å². The van der Waals surface area contributed by atoms with E-state index in [4.69, 9.17) is 5.26 Å². The molecule has 6 heteroatoms. The summed E-state index contributed by atoms with van der Waals surface area (Å²) in [5, 5.41) is 12.4. The molecule has 4 nitrogen and oxygen atoms in total. The van der Waals surface area contributed by atoms with Crippen LogP contribution in [0.2, 0.25) is 0 Å². The lowest BCUT2D eigenvalue weighted by Gasteiger charge is -2.22. The molecule has 0 radical (unpaired) electrons. The van der Waals surface area contributed by atoms with Gasteiger partial charge in [-0.2, -0.15) is 17.0 Å². The van der Waals surface area contributed by atoms with Crippen LogP contribution >= 0.6 is 11.8 Å². The molecule has 0 spiro atoms. The van der Waals surface area contributed by atoms with Gasteiger partial charge in [-0.25, -0.2) is 8.42 Å². The van der Waals surface area contributed by atoms with E-state index >= 15 is 0 Å². The standard InChI is InChI=1S/C13H26N2O2S2/c1-4-8-15-13(2,12-14)7-5-6-9-18-10-11-19(3,16)17/h15H,4-11H2,1-3H3. The van der Waals surface area contributed by atoms with Gasteiger partial charge in [0.2, 0.25) is 0 Å². The summed E-state index contributed by atoms with van der Waals surface area (Å²) in [5.74, 6) is 1.89. The maximum atomic E-state index is 10.9. The molecular formula is C13H26N2O2S2. The van der Waals surface area contributed by atoms with Crippen LogP contribution in [0.3, 0.4) is 0 Å². The van der Waals surface area contributed by atoms with Crippen LogP contribution in [-0.4, -0.2) is 44.0 Å². The van der Waals surface area contributed by atoms with Crippen LogP contribution in [0.15, 0.2) is 0 Å². The summed E-state index contributed by atoms with van der Waals surface area (Å²) in [5.41, 5.74) is -0.423. The molecule has 0 amide bonds. The average Bonchev–Trinajstić information content (AvgIpc) is 2.34. The van der Waals surface area contributed by atoms with E-state index in [1.165, 1.54) is 6.26 Å². The Hall–Kier alpha value is -0.250. The van der Waals surface area contributed by atoms with E-state index in [1.807, 2.05) is 6.92 Å². The lowest BCUT2D eigenvalue weighted by molar-refractivity contribution is 0.406. The van der Waals surface area contributed by atoms with E-state index in [0.29, 0.717) is 5.75 Å². The Kier molecular flexibility index (Phi) is 9.50. The Morgan fingerprint density at radius 1 is 1.32 bits per heavy atom. The van der Waals surface area contributed by atoms with Gasteiger partial charge in [0.15, 0.2) is 0 Å². The molecule has 0 aliphatic carbocycles. The SMILES string of the molecule is CCCNC(C)(C#N)CCCCSCCS(C)(=O)=O. The van der Waals surface area contributed by atoms with E-state index < -0.39 is 15.4 Å². The molecule has 0 aromatic heterocycles. The van der Waals surface area contributed by atoms with Crippen molar-refractivity contribution in [1.29, 1.82) is 5.26 Å². The summed E-state index contributed by atoms with van der Waals surface area (Å²) in [6.07, 6.45) is 5.16. The van der Waals surface area contributed by atoms with Crippen LogP contribution in [0, 0.1) is 11.3 Å². The van der Waals surface area contributed by atoms with Crippen LogP contribution in [0.4, 0.5) is 0 Å². The number of thioether (sulfide) groups is 1. The molecule has 1 unspecified atom stereocenters. The normalized spacial score (nSPS) is 14.8. The van der Waals surface area contributed by atoms with Gasteiger partial charge in [-0.05, 0) is 44.9 Å². The minimum atomic E-state index is -2.83. The molecule has 1 atom stereocenters. The van der Waals surface area contributed by atoms with Crippen molar-refractivity contribution in [2.75, 3.05) is 30.1 Å². The monoisotopic (exact) mass is 306 g/mol. The maximum absolute atomic E-state index is 10.9. The molecule has 0 bridgehead atoms. The van der Waals surface area contributed by atoms with E-state index in [1.54, 1.807) is 11.8 Å². The Balaban J connectivity index is 3.65. The van der Waals surface area contributed by atoms with Crippen molar-refractivity contribution in [2.24, 2.45) is 0 Å². The fourth-order valence-electron chi connectivity index (χ4n) is 1.58. The smallest absolute Gasteiger partial charge is 0.148 e. The molecule has 0 saturated heterocycles. The van der Waals surface area contributed by atoms with Crippen LogP contribution in [0.5, 0.6) is 0 Å². The van der Waals surface area contributed by atoms with Gasteiger partial charge in [0.05, 0.1) is 11.8 Å². The van der Waals surface area contributed by atoms with E-state index in [9.17, 15) is 8.42 Å². The first kappa shape index (κ1) is 18.8. The minimum Gasteiger partial charge on any atom is -0.300 e. The third-order valence-electron chi connectivity index (χ3n) is 2.83. The second-order valence-electron chi connectivity index (χ2n) is 5.07. The molecule has 0 aromatic carbocycles. The molecular weight excluding hydrogens is 280 g/mol. The second kappa shape index (κ2) is 9.62. The zero-order valence-corrected chi connectivity index (χ0v) is 13.9. The number of nitrogens with one attached hydrogen (secondary N) is 1. The molecule has 0 fully saturated rings. The quantitative estimate of drug-likeness (QED) is 0.593. The van der Waals surface area contributed by atoms with Gasteiger partial charge in [0.25, 0.3) is 0 Å². The number of nitriles is 1. The lowest BCUT2D eigenvalue weighted by Crippen LogP contribution is -2.41. The summed E-state index contributed by atoms with van der Waals surface area (Å²) >= 11 is 1.67. The lowest BCUT2D eigenvalue weighted by atomic mass is 9.96. The molecule has 112 valence electrons. The Morgan fingerprint density at radius 2 is 2.00 bits per heavy atom. The summed E-state index contributed by atoms with van der Waals surface area (Å²) in [6, 6.07) is 2.34. The summed E-state index contributed by atoms with van der Waals surface area (Å²) in [4.78, 5) is 0. The second-order valence-corrected chi connectivity index (χ2v) is 8.55. The Morgan fingerprint density at radius 3 is 2.53 bits per heavy atom. The average molecular weight is 306 g/mol. The predicted molar refractivity (Wildman–Crippen MR) is 83.2 cm³/mol. The zero-order chi connectivity index (χ0) is 14.8. The molecule has 0 saturated carbocycles. The number of rotatable bonds is 11. The summed E-state index contributed by atoms with van der Waals surface area (Å²) < 4.78 is 21.9. The number of nitrogens with zero attached hydrogens (tertiary/aromatic N) is 1. The first-order valence-electron chi connectivity index (χ1n) is 6.75. The van der Waals surface area contributed by atoms with E-state index in [2.05, 4.69) is 18.3 Å². The molecule has 1 N–H and O–H groups in total. The van der Waals surface area contributed by atoms with Crippen LogP contribution in [-0.2, 0) is 9.84 Å². The summed E-state index contributed by atoms with van der Waals surface area (Å²) in [6.45, 7) is 4.90. The predicted octanol–water partition coefficient (Wildman–Crippen LogP) is 2.22. The van der Waals surface area contributed by atoms with Gasteiger partial charge < -0.3 is 0 Å². The minimum absolute atomic E-state index is 0.256. The number of hydrogen-bond acceptors (Lipinski definition) is 5.